The molecule has 0 saturated heterocycles. The third-order valence-corrected chi connectivity index (χ3v) is 3.49. The minimum Gasteiger partial charge on any atom is -0.497 e. The van der Waals surface area contributed by atoms with Crippen LogP contribution in [0.4, 0.5) is 4.79 Å². The number of hydrogen-bond acceptors (Lipinski definition) is 6. The van der Waals surface area contributed by atoms with E-state index < -0.39 is 17.7 Å². The predicted octanol–water partition coefficient (Wildman–Crippen LogP) is 2.09. The van der Waals surface area contributed by atoms with Gasteiger partial charge in [0.05, 0.1) is 26.5 Å². The van der Waals surface area contributed by atoms with Crippen molar-refractivity contribution < 1.29 is 19.4 Å². The first-order valence-corrected chi connectivity index (χ1v) is 8.43. The van der Waals surface area contributed by atoms with Gasteiger partial charge in [0.25, 0.3) is 0 Å². The van der Waals surface area contributed by atoms with Crippen LogP contribution in [0.25, 0.3) is 0 Å². The lowest BCUT2D eigenvalue weighted by Gasteiger charge is -2.23. The zero-order valence-electron chi connectivity index (χ0n) is 15.6. The van der Waals surface area contributed by atoms with Gasteiger partial charge in [-0.15, -0.1) is 0 Å². The standard InChI is InChI=1S/C18H26N4O4/c1-18(2,3)20-17(24)26-16(15-12-19-22(21-15)9-10-23)11-13-5-7-14(25-4)8-6-13/h5-8,12,16,23H,9-11H2,1-4H3,(H,20,24)/t16-/m0/s1. The second-order valence-corrected chi connectivity index (χ2v) is 6.91. The van der Waals surface area contributed by atoms with Crippen molar-refractivity contribution in [3.05, 3.63) is 41.7 Å². The van der Waals surface area contributed by atoms with Gasteiger partial charge in [0.1, 0.15) is 11.4 Å². The Bertz CT molecular complexity index is 707. The highest BCUT2D eigenvalue weighted by atomic mass is 16.6. The summed E-state index contributed by atoms with van der Waals surface area (Å²) in [6.45, 7) is 5.85. The largest absolute Gasteiger partial charge is 0.497 e. The quantitative estimate of drug-likeness (QED) is 0.782. The van der Waals surface area contributed by atoms with Gasteiger partial charge in [-0.25, -0.2) is 4.79 Å². The molecule has 2 rings (SSSR count). The highest BCUT2D eigenvalue weighted by Crippen LogP contribution is 2.22. The van der Waals surface area contributed by atoms with Crippen molar-refractivity contribution in [3.8, 4) is 5.75 Å². The van der Waals surface area contributed by atoms with Gasteiger partial charge in [-0.1, -0.05) is 12.1 Å². The summed E-state index contributed by atoms with van der Waals surface area (Å²) in [5.74, 6) is 0.755. The summed E-state index contributed by atoms with van der Waals surface area (Å²) < 4.78 is 10.8. The summed E-state index contributed by atoms with van der Waals surface area (Å²) >= 11 is 0. The number of aliphatic hydroxyl groups is 1. The van der Waals surface area contributed by atoms with Crippen molar-refractivity contribution >= 4 is 6.09 Å². The summed E-state index contributed by atoms with van der Waals surface area (Å²) in [5, 5.41) is 20.2. The van der Waals surface area contributed by atoms with Crippen LogP contribution in [0.5, 0.6) is 5.75 Å². The summed E-state index contributed by atoms with van der Waals surface area (Å²) in [6.07, 6.45) is 0.874. The summed E-state index contributed by atoms with van der Waals surface area (Å²) in [5.41, 5.74) is 1.09. The number of alkyl carbamates (subject to hydrolysis) is 1. The topological polar surface area (TPSA) is 98.5 Å². The Balaban J connectivity index is 2.17. The van der Waals surface area contributed by atoms with Crippen LogP contribution < -0.4 is 10.1 Å². The molecule has 0 spiro atoms. The van der Waals surface area contributed by atoms with E-state index >= 15 is 0 Å². The lowest BCUT2D eigenvalue weighted by molar-refractivity contribution is 0.0883. The van der Waals surface area contributed by atoms with E-state index in [4.69, 9.17) is 14.6 Å². The van der Waals surface area contributed by atoms with Crippen LogP contribution in [0.1, 0.15) is 38.1 Å². The Morgan fingerprint density at radius 2 is 2.00 bits per heavy atom. The van der Waals surface area contributed by atoms with Gasteiger partial charge in [0.15, 0.2) is 6.10 Å². The molecule has 0 bridgehead atoms. The van der Waals surface area contributed by atoms with E-state index in [0.29, 0.717) is 12.1 Å². The van der Waals surface area contributed by atoms with Crippen LogP contribution in [-0.2, 0) is 17.7 Å². The van der Waals surface area contributed by atoms with Gasteiger partial charge in [0.2, 0.25) is 0 Å². The molecule has 1 atom stereocenters. The molecule has 1 heterocycles. The van der Waals surface area contributed by atoms with E-state index in [1.807, 2.05) is 45.0 Å². The Morgan fingerprint density at radius 3 is 2.58 bits per heavy atom. The number of nitrogens with one attached hydrogen (secondary N) is 1. The van der Waals surface area contributed by atoms with E-state index in [0.717, 1.165) is 11.3 Å². The third-order valence-electron chi connectivity index (χ3n) is 3.49. The number of aliphatic hydroxyl groups excluding tert-OH is 1. The fourth-order valence-corrected chi connectivity index (χ4v) is 2.30. The SMILES string of the molecule is COc1ccc(C[C@H](OC(=O)NC(C)(C)C)c2cnn(CCO)n2)cc1. The number of carbonyl (C=O) groups is 1. The molecule has 2 N–H and O–H groups in total. The maximum Gasteiger partial charge on any atom is 0.408 e. The second kappa shape index (κ2) is 8.66. The highest BCUT2D eigenvalue weighted by Gasteiger charge is 2.23. The first kappa shape index (κ1) is 19.7. The van der Waals surface area contributed by atoms with Crippen LogP contribution in [-0.4, -0.2) is 45.4 Å². The molecule has 2 aromatic rings. The number of carbonyl (C=O) groups excluding carboxylic acids is 1. The van der Waals surface area contributed by atoms with E-state index in [1.165, 1.54) is 4.80 Å². The number of rotatable bonds is 7. The lowest BCUT2D eigenvalue weighted by Crippen LogP contribution is -2.41. The molecule has 1 aromatic heterocycles. The molecule has 0 radical (unpaired) electrons. The van der Waals surface area contributed by atoms with Gasteiger partial charge < -0.3 is 19.9 Å². The summed E-state index contributed by atoms with van der Waals surface area (Å²) in [7, 11) is 1.61. The molecular weight excluding hydrogens is 336 g/mol. The van der Waals surface area contributed by atoms with Gasteiger partial charge in [-0.3, -0.25) is 0 Å². The minimum atomic E-state index is -0.599. The average Bonchev–Trinajstić information content (AvgIpc) is 3.02. The predicted molar refractivity (Wildman–Crippen MR) is 95.9 cm³/mol. The number of ether oxygens (including phenoxy) is 2. The normalized spacial score (nSPS) is 12.5. The molecular formula is C18H26N4O4. The first-order valence-electron chi connectivity index (χ1n) is 8.43. The van der Waals surface area contributed by atoms with Crippen molar-refractivity contribution in [1.82, 2.24) is 20.3 Å². The molecule has 0 fully saturated rings. The van der Waals surface area contributed by atoms with Crippen molar-refractivity contribution in [1.29, 1.82) is 0 Å². The average molecular weight is 362 g/mol. The van der Waals surface area contributed by atoms with E-state index in [9.17, 15) is 4.79 Å². The zero-order chi connectivity index (χ0) is 19.2. The fourth-order valence-electron chi connectivity index (χ4n) is 2.30. The monoisotopic (exact) mass is 362 g/mol. The number of hydrogen-bond donors (Lipinski definition) is 2. The summed E-state index contributed by atoms with van der Waals surface area (Å²) in [6, 6.07) is 7.53. The van der Waals surface area contributed by atoms with E-state index in [-0.39, 0.29) is 13.2 Å². The van der Waals surface area contributed by atoms with Gasteiger partial charge in [-0.05, 0) is 38.5 Å². The maximum atomic E-state index is 12.2. The van der Waals surface area contributed by atoms with Crippen LogP contribution >= 0.6 is 0 Å². The van der Waals surface area contributed by atoms with Crippen molar-refractivity contribution in [2.75, 3.05) is 13.7 Å². The number of nitrogens with zero attached hydrogens (tertiary/aromatic N) is 3. The molecule has 1 aromatic carbocycles. The molecule has 0 aliphatic carbocycles. The maximum absolute atomic E-state index is 12.2. The molecule has 0 unspecified atom stereocenters. The Labute approximate surface area is 153 Å². The van der Waals surface area contributed by atoms with E-state index in [1.54, 1.807) is 13.3 Å². The fraction of sp³-hybridized carbons (Fsp3) is 0.500. The van der Waals surface area contributed by atoms with Crippen molar-refractivity contribution in [2.24, 2.45) is 0 Å². The zero-order valence-corrected chi connectivity index (χ0v) is 15.6. The number of methoxy groups -OCH3 is 1. The second-order valence-electron chi connectivity index (χ2n) is 6.91. The molecule has 0 saturated carbocycles. The smallest absolute Gasteiger partial charge is 0.408 e. The molecule has 1 amide bonds. The molecule has 8 heteroatoms. The lowest BCUT2D eigenvalue weighted by atomic mass is 10.1. The Hall–Kier alpha value is -2.61. The highest BCUT2D eigenvalue weighted by molar-refractivity contribution is 5.68. The number of aromatic nitrogens is 3. The van der Waals surface area contributed by atoms with Crippen LogP contribution in [0.15, 0.2) is 30.5 Å². The molecule has 0 aliphatic rings. The molecule has 0 aliphatic heterocycles. The van der Waals surface area contributed by atoms with Crippen LogP contribution in [0.2, 0.25) is 0 Å². The Morgan fingerprint density at radius 1 is 1.31 bits per heavy atom. The van der Waals surface area contributed by atoms with Gasteiger partial charge in [-0.2, -0.15) is 15.0 Å². The Kier molecular flexibility index (Phi) is 6.57. The molecule has 8 nitrogen and oxygen atoms in total. The molecule has 142 valence electrons. The number of amides is 1. The number of benzene rings is 1. The molecule has 26 heavy (non-hydrogen) atoms. The van der Waals surface area contributed by atoms with Crippen LogP contribution in [0.3, 0.4) is 0 Å². The summed E-state index contributed by atoms with van der Waals surface area (Å²) in [4.78, 5) is 13.6. The minimum absolute atomic E-state index is 0.0668. The van der Waals surface area contributed by atoms with Crippen molar-refractivity contribution in [3.63, 3.8) is 0 Å². The first-order chi connectivity index (χ1) is 12.3. The van der Waals surface area contributed by atoms with Crippen molar-refractivity contribution in [2.45, 2.75) is 45.4 Å². The third kappa shape index (κ3) is 6.03. The van der Waals surface area contributed by atoms with E-state index in [2.05, 4.69) is 15.5 Å². The van der Waals surface area contributed by atoms with Gasteiger partial charge >= 0.3 is 6.09 Å². The van der Waals surface area contributed by atoms with Gasteiger partial charge in [0, 0.05) is 12.0 Å². The van der Waals surface area contributed by atoms with Crippen LogP contribution in [0, 0.1) is 0 Å².